The van der Waals surface area contributed by atoms with Crippen LogP contribution < -0.4 is 5.32 Å². The number of ketones is 1. The lowest BCUT2D eigenvalue weighted by molar-refractivity contribution is -0.148. The number of carbonyl (C=O) groups excluding carboxylic acids is 3. The number of rotatable bonds is 7. The third-order valence-corrected chi connectivity index (χ3v) is 2.54. The minimum Gasteiger partial charge on any atom is -0.456 e. The molecule has 1 N–H and O–H groups in total. The van der Waals surface area contributed by atoms with Crippen molar-refractivity contribution in [2.75, 3.05) is 6.61 Å². The molecular formula is C15H18FNO4. The standard InChI is InChI=1S/C15H18FNO4/c1-10(2)17-14(19)9-21-15(20)8-7-13(18)11-3-5-12(16)6-4-11/h3-6,10H,7-9H2,1-2H3,(H,17,19). The number of Topliss-reactive ketones (excluding diaryl/α,β-unsaturated/α-hetero) is 1. The number of benzene rings is 1. The van der Waals surface area contributed by atoms with Crippen LogP contribution >= 0.6 is 0 Å². The SMILES string of the molecule is CC(C)NC(=O)COC(=O)CCC(=O)c1ccc(F)cc1. The van der Waals surface area contributed by atoms with Crippen molar-refractivity contribution in [1.82, 2.24) is 5.32 Å². The van der Waals surface area contributed by atoms with Crippen molar-refractivity contribution >= 4 is 17.7 Å². The summed E-state index contributed by atoms with van der Waals surface area (Å²) in [6.07, 6.45) is -0.165. The predicted molar refractivity (Wildman–Crippen MR) is 74.2 cm³/mol. The van der Waals surface area contributed by atoms with Crippen LogP contribution in [0, 0.1) is 5.82 Å². The molecule has 5 nitrogen and oxygen atoms in total. The summed E-state index contributed by atoms with van der Waals surface area (Å²) in [5, 5.41) is 2.58. The first-order chi connectivity index (χ1) is 9.88. The molecule has 0 aliphatic rings. The first-order valence-corrected chi connectivity index (χ1v) is 6.62. The quantitative estimate of drug-likeness (QED) is 0.615. The van der Waals surface area contributed by atoms with Gasteiger partial charge in [-0.05, 0) is 38.1 Å². The number of hydrogen-bond donors (Lipinski definition) is 1. The minimum absolute atomic E-state index is 0.0312. The smallest absolute Gasteiger partial charge is 0.306 e. The van der Waals surface area contributed by atoms with Crippen LogP contribution in [0.3, 0.4) is 0 Å². The molecule has 0 saturated heterocycles. The van der Waals surface area contributed by atoms with Crippen molar-refractivity contribution in [1.29, 1.82) is 0 Å². The van der Waals surface area contributed by atoms with Gasteiger partial charge in [-0.1, -0.05) is 0 Å². The van der Waals surface area contributed by atoms with E-state index in [-0.39, 0.29) is 37.2 Å². The molecule has 0 unspecified atom stereocenters. The molecule has 0 bridgehead atoms. The van der Waals surface area contributed by atoms with Crippen molar-refractivity contribution in [2.45, 2.75) is 32.7 Å². The van der Waals surface area contributed by atoms with Gasteiger partial charge in [-0.2, -0.15) is 0 Å². The van der Waals surface area contributed by atoms with Gasteiger partial charge >= 0.3 is 5.97 Å². The van der Waals surface area contributed by atoms with Gasteiger partial charge in [0.25, 0.3) is 5.91 Å². The molecule has 0 radical (unpaired) electrons. The number of ether oxygens (including phenoxy) is 1. The summed E-state index contributed by atoms with van der Waals surface area (Å²) in [4.78, 5) is 34.4. The van der Waals surface area contributed by atoms with E-state index in [4.69, 9.17) is 4.74 Å². The molecule has 0 aliphatic heterocycles. The fraction of sp³-hybridized carbons (Fsp3) is 0.400. The van der Waals surface area contributed by atoms with Crippen LogP contribution in [0.5, 0.6) is 0 Å². The molecule has 0 aromatic heterocycles. The molecule has 21 heavy (non-hydrogen) atoms. The van der Waals surface area contributed by atoms with Gasteiger partial charge < -0.3 is 10.1 Å². The second-order valence-electron chi connectivity index (χ2n) is 4.81. The van der Waals surface area contributed by atoms with E-state index in [9.17, 15) is 18.8 Å². The van der Waals surface area contributed by atoms with E-state index in [2.05, 4.69) is 5.32 Å². The van der Waals surface area contributed by atoms with Crippen LogP contribution in [0.2, 0.25) is 0 Å². The number of esters is 1. The molecule has 1 aromatic rings. The van der Waals surface area contributed by atoms with E-state index in [1.165, 1.54) is 24.3 Å². The van der Waals surface area contributed by atoms with Gasteiger partial charge in [-0.3, -0.25) is 14.4 Å². The largest absolute Gasteiger partial charge is 0.456 e. The summed E-state index contributed by atoms with van der Waals surface area (Å²) in [5.41, 5.74) is 0.335. The highest BCUT2D eigenvalue weighted by Crippen LogP contribution is 2.07. The zero-order valence-electron chi connectivity index (χ0n) is 12.0. The molecule has 114 valence electrons. The van der Waals surface area contributed by atoms with E-state index in [0.717, 1.165) is 0 Å². The van der Waals surface area contributed by atoms with Crippen LogP contribution in [0.15, 0.2) is 24.3 Å². The molecule has 0 atom stereocenters. The van der Waals surface area contributed by atoms with Gasteiger partial charge in [0.15, 0.2) is 12.4 Å². The Morgan fingerprint density at radius 1 is 1.14 bits per heavy atom. The van der Waals surface area contributed by atoms with Gasteiger partial charge in [0.2, 0.25) is 0 Å². The number of carbonyl (C=O) groups is 3. The van der Waals surface area contributed by atoms with Crippen molar-refractivity contribution in [3.8, 4) is 0 Å². The summed E-state index contributed by atoms with van der Waals surface area (Å²) in [6.45, 7) is 3.23. The molecule has 1 amide bonds. The molecule has 0 heterocycles. The summed E-state index contributed by atoms with van der Waals surface area (Å²) in [6, 6.07) is 5.05. The Kier molecular flexibility index (Phi) is 6.52. The number of amides is 1. The number of halogens is 1. The number of nitrogens with one attached hydrogen (secondary N) is 1. The lowest BCUT2D eigenvalue weighted by Crippen LogP contribution is -2.34. The Morgan fingerprint density at radius 3 is 2.33 bits per heavy atom. The third-order valence-electron chi connectivity index (χ3n) is 2.54. The molecule has 6 heteroatoms. The van der Waals surface area contributed by atoms with Crippen molar-refractivity contribution in [2.24, 2.45) is 0 Å². The van der Waals surface area contributed by atoms with Crippen LogP contribution in [0.1, 0.15) is 37.0 Å². The van der Waals surface area contributed by atoms with Gasteiger partial charge in [0.1, 0.15) is 5.82 Å². The van der Waals surface area contributed by atoms with Crippen LogP contribution in [-0.2, 0) is 14.3 Å². The molecule has 1 rings (SSSR count). The molecule has 0 aliphatic carbocycles. The van der Waals surface area contributed by atoms with Crippen molar-refractivity contribution in [3.05, 3.63) is 35.6 Å². The Hall–Kier alpha value is -2.24. The van der Waals surface area contributed by atoms with Crippen LogP contribution in [0.25, 0.3) is 0 Å². The highest BCUT2D eigenvalue weighted by atomic mass is 19.1. The Bertz CT molecular complexity index is 511. The first kappa shape index (κ1) is 16.8. The van der Waals surface area contributed by atoms with Crippen molar-refractivity contribution < 1.29 is 23.5 Å². The second kappa shape index (κ2) is 8.14. The highest BCUT2D eigenvalue weighted by Gasteiger charge is 2.12. The fourth-order valence-electron chi connectivity index (χ4n) is 1.58. The van der Waals surface area contributed by atoms with E-state index >= 15 is 0 Å². The zero-order chi connectivity index (χ0) is 15.8. The third kappa shape index (κ3) is 6.65. The van der Waals surface area contributed by atoms with Crippen LogP contribution in [0.4, 0.5) is 4.39 Å². The summed E-state index contributed by atoms with van der Waals surface area (Å²) < 4.78 is 17.5. The topological polar surface area (TPSA) is 72.5 Å². The van der Waals surface area contributed by atoms with Gasteiger partial charge in [-0.25, -0.2) is 4.39 Å². The lowest BCUT2D eigenvalue weighted by Gasteiger charge is -2.08. The maximum absolute atomic E-state index is 12.7. The van der Waals surface area contributed by atoms with E-state index < -0.39 is 11.8 Å². The Labute approximate surface area is 122 Å². The molecule has 0 saturated carbocycles. The van der Waals surface area contributed by atoms with Crippen LogP contribution in [-0.4, -0.2) is 30.3 Å². The fourth-order valence-corrected chi connectivity index (χ4v) is 1.58. The minimum atomic E-state index is -0.621. The highest BCUT2D eigenvalue weighted by molar-refractivity contribution is 5.97. The summed E-state index contributed by atoms with van der Waals surface area (Å²) >= 11 is 0. The molecule has 1 aromatic carbocycles. The van der Waals surface area contributed by atoms with Gasteiger partial charge in [-0.15, -0.1) is 0 Å². The van der Waals surface area contributed by atoms with Crippen molar-refractivity contribution in [3.63, 3.8) is 0 Å². The maximum Gasteiger partial charge on any atom is 0.306 e. The van der Waals surface area contributed by atoms with E-state index in [1.807, 2.05) is 0 Å². The molecule has 0 spiro atoms. The Balaban J connectivity index is 2.31. The molecule has 0 fully saturated rings. The average molecular weight is 295 g/mol. The zero-order valence-corrected chi connectivity index (χ0v) is 12.0. The monoisotopic (exact) mass is 295 g/mol. The predicted octanol–water partition coefficient (Wildman–Crippen LogP) is 1.86. The maximum atomic E-state index is 12.7. The summed E-state index contributed by atoms with van der Waals surface area (Å²) in [5.74, 6) is -1.71. The number of hydrogen-bond acceptors (Lipinski definition) is 4. The second-order valence-corrected chi connectivity index (χ2v) is 4.81. The van der Waals surface area contributed by atoms with E-state index in [0.29, 0.717) is 5.56 Å². The van der Waals surface area contributed by atoms with E-state index in [1.54, 1.807) is 13.8 Å². The lowest BCUT2D eigenvalue weighted by atomic mass is 10.1. The van der Waals surface area contributed by atoms with Gasteiger partial charge in [0.05, 0.1) is 6.42 Å². The Morgan fingerprint density at radius 2 is 1.76 bits per heavy atom. The van der Waals surface area contributed by atoms with Gasteiger partial charge in [0, 0.05) is 18.0 Å². The normalized spacial score (nSPS) is 10.3. The summed E-state index contributed by atoms with van der Waals surface area (Å²) in [7, 11) is 0. The first-order valence-electron chi connectivity index (χ1n) is 6.62. The molecular weight excluding hydrogens is 277 g/mol. The average Bonchev–Trinajstić information content (AvgIpc) is 2.42.